The van der Waals surface area contributed by atoms with E-state index in [2.05, 4.69) is 0 Å². The molecule has 0 N–H and O–H groups in total. The molecule has 1 rings (SSSR count). The van der Waals surface area contributed by atoms with Crippen molar-refractivity contribution in [3.8, 4) is 0 Å². The highest BCUT2D eigenvalue weighted by Gasteiger charge is 2.21. The van der Waals surface area contributed by atoms with E-state index in [9.17, 15) is 4.79 Å². The molecule has 0 saturated heterocycles. The summed E-state index contributed by atoms with van der Waals surface area (Å²) in [5.41, 5.74) is 0. The quantitative estimate of drug-likeness (QED) is 0.515. The van der Waals surface area contributed by atoms with Gasteiger partial charge in [0.15, 0.2) is 12.4 Å². The standard InChI is InChI=1S/C10H14NO2/c1-3-13-10(12)9(2)11-7-5-4-6-8-11/h4-9H,3H2,1-2H3/q+1. The van der Waals surface area contributed by atoms with Gasteiger partial charge in [0.2, 0.25) is 0 Å². The van der Waals surface area contributed by atoms with Crippen molar-refractivity contribution in [3.05, 3.63) is 30.6 Å². The van der Waals surface area contributed by atoms with Crippen LogP contribution in [-0.4, -0.2) is 12.6 Å². The molecule has 0 saturated carbocycles. The summed E-state index contributed by atoms with van der Waals surface area (Å²) < 4.78 is 6.72. The Labute approximate surface area is 78.0 Å². The van der Waals surface area contributed by atoms with E-state index in [1.807, 2.05) is 42.1 Å². The smallest absolute Gasteiger partial charge is 0.375 e. The molecule has 0 amide bonds. The van der Waals surface area contributed by atoms with Gasteiger partial charge in [0.05, 0.1) is 6.61 Å². The van der Waals surface area contributed by atoms with Crippen LogP contribution in [-0.2, 0) is 9.53 Å². The van der Waals surface area contributed by atoms with Gasteiger partial charge in [-0.25, -0.2) is 4.79 Å². The Bertz CT molecular complexity index is 272. The molecule has 0 radical (unpaired) electrons. The van der Waals surface area contributed by atoms with E-state index in [-0.39, 0.29) is 12.0 Å². The van der Waals surface area contributed by atoms with Gasteiger partial charge in [-0.15, -0.1) is 0 Å². The summed E-state index contributed by atoms with van der Waals surface area (Å²) in [5, 5.41) is 0. The van der Waals surface area contributed by atoms with Crippen molar-refractivity contribution in [2.45, 2.75) is 19.9 Å². The Morgan fingerprint density at radius 3 is 2.54 bits per heavy atom. The lowest BCUT2D eigenvalue weighted by atomic mass is 10.3. The first-order chi connectivity index (χ1) is 6.25. The molecule has 1 heterocycles. The number of nitrogens with zero attached hydrogens (tertiary/aromatic N) is 1. The number of aromatic nitrogens is 1. The van der Waals surface area contributed by atoms with Crippen LogP contribution in [0.25, 0.3) is 0 Å². The zero-order valence-corrected chi connectivity index (χ0v) is 7.93. The Morgan fingerprint density at radius 2 is 2.00 bits per heavy atom. The van der Waals surface area contributed by atoms with Crippen LogP contribution in [0.5, 0.6) is 0 Å². The third kappa shape index (κ3) is 2.54. The molecule has 70 valence electrons. The predicted molar refractivity (Wildman–Crippen MR) is 48.0 cm³/mol. The van der Waals surface area contributed by atoms with Crippen molar-refractivity contribution < 1.29 is 14.1 Å². The minimum Gasteiger partial charge on any atom is -0.461 e. The predicted octanol–water partition coefficient (Wildman–Crippen LogP) is 1.10. The van der Waals surface area contributed by atoms with Gasteiger partial charge in [-0.2, -0.15) is 4.57 Å². The maximum atomic E-state index is 11.3. The lowest BCUT2D eigenvalue weighted by Crippen LogP contribution is -2.42. The average Bonchev–Trinajstić information content (AvgIpc) is 2.18. The second-order valence-electron chi connectivity index (χ2n) is 2.75. The van der Waals surface area contributed by atoms with Crippen LogP contribution in [0.15, 0.2) is 30.6 Å². The fourth-order valence-electron chi connectivity index (χ4n) is 1.05. The molecule has 0 aromatic carbocycles. The normalized spacial score (nSPS) is 12.2. The van der Waals surface area contributed by atoms with Crippen LogP contribution in [0.3, 0.4) is 0 Å². The lowest BCUT2D eigenvalue weighted by molar-refractivity contribution is -0.707. The molecule has 0 fully saturated rings. The van der Waals surface area contributed by atoms with E-state index < -0.39 is 0 Å². The largest absolute Gasteiger partial charge is 0.461 e. The topological polar surface area (TPSA) is 30.2 Å². The number of pyridine rings is 1. The third-order valence-electron chi connectivity index (χ3n) is 1.81. The molecule has 1 atom stereocenters. The van der Waals surface area contributed by atoms with Gasteiger partial charge in [-0.1, -0.05) is 6.07 Å². The maximum Gasteiger partial charge on any atom is 0.375 e. The van der Waals surface area contributed by atoms with Gasteiger partial charge in [-0.05, 0) is 6.92 Å². The summed E-state index contributed by atoms with van der Waals surface area (Å²) in [6.45, 7) is 4.05. The van der Waals surface area contributed by atoms with Gasteiger partial charge in [-0.3, -0.25) is 0 Å². The summed E-state index contributed by atoms with van der Waals surface area (Å²) in [7, 11) is 0. The second kappa shape index (κ2) is 4.60. The minimum atomic E-state index is -0.249. The van der Waals surface area contributed by atoms with Crippen LogP contribution in [0.1, 0.15) is 19.9 Å². The first-order valence-electron chi connectivity index (χ1n) is 4.38. The fourth-order valence-corrected chi connectivity index (χ4v) is 1.05. The van der Waals surface area contributed by atoms with E-state index in [1.165, 1.54) is 0 Å². The van der Waals surface area contributed by atoms with E-state index in [1.54, 1.807) is 6.92 Å². The Morgan fingerprint density at radius 1 is 1.38 bits per heavy atom. The number of rotatable bonds is 3. The molecule has 1 unspecified atom stereocenters. The van der Waals surface area contributed by atoms with E-state index in [0.29, 0.717) is 6.61 Å². The Kier molecular flexibility index (Phi) is 3.43. The van der Waals surface area contributed by atoms with Crippen LogP contribution in [0, 0.1) is 0 Å². The summed E-state index contributed by atoms with van der Waals surface area (Å²) in [6, 6.07) is 5.43. The van der Waals surface area contributed by atoms with Crippen molar-refractivity contribution in [3.63, 3.8) is 0 Å². The number of carbonyl (C=O) groups is 1. The van der Waals surface area contributed by atoms with Crippen molar-refractivity contribution in [2.75, 3.05) is 6.61 Å². The number of ether oxygens (including phenoxy) is 1. The Hall–Kier alpha value is -1.38. The molecule has 3 heteroatoms. The first kappa shape index (κ1) is 9.71. The number of esters is 1. The van der Waals surface area contributed by atoms with Crippen molar-refractivity contribution in [2.24, 2.45) is 0 Å². The Balaban J connectivity index is 2.68. The molecule has 0 aliphatic carbocycles. The molecule has 0 spiro atoms. The summed E-state index contributed by atoms with van der Waals surface area (Å²) in [5.74, 6) is -0.196. The van der Waals surface area contributed by atoms with Gasteiger partial charge in [0.25, 0.3) is 6.04 Å². The lowest BCUT2D eigenvalue weighted by Gasteiger charge is -2.05. The molecular formula is C10H14NO2+. The highest BCUT2D eigenvalue weighted by molar-refractivity contribution is 5.71. The van der Waals surface area contributed by atoms with Crippen LogP contribution in [0.2, 0.25) is 0 Å². The van der Waals surface area contributed by atoms with Gasteiger partial charge < -0.3 is 4.74 Å². The van der Waals surface area contributed by atoms with Crippen molar-refractivity contribution in [1.29, 1.82) is 0 Å². The van der Waals surface area contributed by atoms with Gasteiger partial charge in [0, 0.05) is 19.1 Å². The highest BCUT2D eigenvalue weighted by Crippen LogP contribution is 1.97. The first-order valence-corrected chi connectivity index (χ1v) is 4.38. The molecule has 0 aliphatic heterocycles. The van der Waals surface area contributed by atoms with Gasteiger partial charge >= 0.3 is 5.97 Å². The number of carbonyl (C=O) groups excluding carboxylic acids is 1. The zero-order chi connectivity index (χ0) is 9.68. The molecule has 0 aliphatic rings. The SMILES string of the molecule is CCOC(=O)C(C)[n+]1ccccc1. The van der Waals surface area contributed by atoms with Crippen molar-refractivity contribution >= 4 is 5.97 Å². The van der Waals surface area contributed by atoms with Crippen molar-refractivity contribution in [1.82, 2.24) is 0 Å². The van der Waals surface area contributed by atoms with Crippen LogP contribution < -0.4 is 4.57 Å². The maximum absolute atomic E-state index is 11.3. The molecular weight excluding hydrogens is 166 g/mol. The van der Waals surface area contributed by atoms with E-state index in [0.717, 1.165) is 0 Å². The second-order valence-corrected chi connectivity index (χ2v) is 2.75. The third-order valence-corrected chi connectivity index (χ3v) is 1.81. The fraction of sp³-hybridized carbons (Fsp3) is 0.400. The van der Waals surface area contributed by atoms with Crippen LogP contribution in [0.4, 0.5) is 0 Å². The van der Waals surface area contributed by atoms with Gasteiger partial charge in [0.1, 0.15) is 0 Å². The summed E-state index contributed by atoms with van der Waals surface area (Å²) in [6.07, 6.45) is 3.70. The summed E-state index contributed by atoms with van der Waals surface area (Å²) in [4.78, 5) is 11.3. The van der Waals surface area contributed by atoms with E-state index >= 15 is 0 Å². The zero-order valence-electron chi connectivity index (χ0n) is 7.93. The molecule has 1 aromatic heterocycles. The number of hydrogen-bond donors (Lipinski definition) is 0. The molecule has 1 aromatic rings. The average molecular weight is 180 g/mol. The molecule has 0 bridgehead atoms. The van der Waals surface area contributed by atoms with E-state index in [4.69, 9.17) is 4.74 Å². The molecule has 3 nitrogen and oxygen atoms in total. The van der Waals surface area contributed by atoms with Crippen LogP contribution >= 0.6 is 0 Å². The monoisotopic (exact) mass is 180 g/mol. The molecule has 13 heavy (non-hydrogen) atoms. The highest BCUT2D eigenvalue weighted by atomic mass is 16.5. The minimum absolute atomic E-state index is 0.196. The summed E-state index contributed by atoms with van der Waals surface area (Å²) >= 11 is 0. The number of hydrogen-bond acceptors (Lipinski definition) is 2.